The van der Waals surface area contributed by atoms with Gasteiger partial charge in [-0.1, -0.05) is 12.2 Å². The van der Waals surface area contributed by atoms with E-state index in [1.807, 2.05) is 12.2 Å². The fourth-order valence-corrected chi connectivity index (χ4v) is 0.870. The predicted molar refractivity (Wildman–Crippen MR) is 47.0 cm³/mol. The van der Waals surface area contributed by atoms with Gasteiger partial charge in [0.2, 0.25) is 0 Å². The SMILES string of the molecule is COC1=NC(C(C)=O)=CC=CC1. The number of methoxy groups -OCH3 is 1. The molecule has 1 aliphatic heterocycles. The minimum Gasteiger partial charge on any atom is -0.484 e. The first-order valence-electron chi connectivity index (χ1n) is 3.73. The number of nitrogens with zero attached hydrogens (tertiary/aromatic N) is 1. The van der Waals surface area contributed by atoms with E-state index >= 15 is 0 Å². The van der Waals surface area contributed by atoms with Gasteiger partial charge in [-0.15, -0.1) is 0 Å². The summed E-state index contributed by atoms with van der Waals surface area (Å²) < 4.78 is 4.96. The molecule has 0 unspecified atom stereocenters. The van der Waals surface area contributed by atoms with Crippen LogP contribution < -0.4 is 0 Å². The molecule has 1 heterocycles. The number of Topliss-reactive ketones (excluding diaryl/α,β-unsaturated/α-hetero) is 1. The Morgan fingerprint density at radius 2 is 2.42 bits per heavy atom. The summed E-state index contributed by atoms with van der Waals surface area (Å²) in [7, 11) is 1.55. The minimum atomic E-state index is -0.0453. The van der Waals surface area contributed by atoms with Gasteiger partial charge in [-0.3, -0.25) is 4.79 Å². The maximum Gasteiger partial charge on any atom is 0.192 e. The summed E-state index contributed by atoms with van der Waals surface area (Å²) in [5.74, 6) is 0.529. The third-order valence-electron chi connectivity index (χ3n) is 1.52. The highest BCUT2D eigenvalue weighted by Gasteiger charge is 2.05. The van der Waals surface area contributed by atoms with Crippen LogP contribution in [0.3, 0.4) is 0 Å². The van der Waals surface area contributed by atoms with Crippen LogP contribution in [0.15, 0.2) is 28.9 Å². The first-order valence-corrected chi connectivity index (χ1v) is 3.73. The number of carbonyl (C=O) groups is 1. The molecule has 0 bridgehead atoms. The van der Waals surface area contributed by atoms with Crippen LogP contribution >= 0.6 is 0 Å². The average molecular weight is 165 g/mol. The summed E-state index contributed by atoms with van der Waals surface area (Å²) in [6.45, 7) is 1.49. The normalized spacial score (nSPS) is 16.2. The van der Waals surface area contributed by atoms with E-state index in [4.69, 9.17) is 4.74 Å². The quantitative estimate of drug-likeness (QED) is 0.590. The Morgan fingerprint density at radius 1 is 1.67 bits per heavy atom. The van der Waals surface area contributed by atoms with E-state index in [0.717, 1.165) is 0 Å². The fourth-order valence-electron chi connectivity index (χ4n) is 0.870. The van der Waals surface area contributed by atoms with Crippen LogP contribution in [-0.2, 0) is 9.53 Å². The Balaban J connectivity index is 2.91. The summed E-state index contributed by atoms with van der Waals surface area (Å²) in [6, 6.07) is 0. The van der Waals surface area contributed by atoms with Crippen LogP contribution in [0.4, 0.5) is 0 Å². The van der Waals surface area contributed by atoms with E-state index in [1.165, 1.54) is 6.92 Å². The topological polar surface area (TPSA) is 38.7 Å². The zero-order valence-corrected chi connectivity index (χ0v) is 7.20. The van der Waals surface area contributed by atoms with Crippen molar-refractivity contribution in [3.8, 4) is 0 Å². The fraction of sp³-hybridized carbons (Fsp3) is 0.333. The number of aliphatic imine (C=N–C) groups is 1. The number of ether oxygens (including phenoxy) is 1. The number of carbonyl (C=O) groups excluding carboxylic acids is 1. The molecule has 3 heteroatoms. The lowest BCUT2D eigenvalue weighted by Gasteiger charge is -2.00. The number of rotatable bonds is 1. The van der Waals surface area contributed by atoms with Crippen molar-refractivity contribution in [2.75, 3.05) is 7.11 Å². The summed E-state index contributed by atoms with van der Waals surface area (Å²) in [5, 5.41) is 0. The molecule has 0 radical (unpaired) electrons. The van der Waals surface area contributed by atoms with Gasteiger partial charge in [0.15, 0.2) is 11.7 Å². The lowest BCUT2D eigenvalue weighted by Crippen LogP contribution is -2.02. The molecule has 1 aliphatic rings. The molecule has 0 amide bonds. The zero-order chi connectivity index (χ0) is 8.97. The van der Waals surface area contributed by atoms with Crippen molar-refractivity contribution in [1.29, 1.82) is 0 Å². The third kappa shape index (κ3) is 2.05. The van der Waals surface area contributed by atoms with Gasteiger partial charge in [0.25, 0.3) is 0 Å². The molecular weight excluding hydrogens is 154 g/mol. The lowest BCUT2D eigenvalue weighted by molar-refractivity contribution is -0.113. The van der Waals surface area contributed by atoms with Crippen molar-refractivity contribution in [3.63, 3.8) is 0 Å². The predicted octanol–water partition coefficient (Wildman–Crippen LogP) is 1.46. The minimum absolute atomic E-state index is 0.0453. The van der Waals surface area contributed by atoms with E-state index < -0.39 is 0 Å². The molecule has 0 aromatic carbocycles. The number of hydrogen-bond acceptors (Lipinski definition) is 3. The molecule has 64 valence electrons. The van der Waals surface area contributed by atoms with Gasteiger partial charge in [0, 0.05) is 13.3 Å². The number of hydrogen-bond donors (Lipinski definition) is 0. The molecule has 0 fully saturated rings. The first kappa shape index (κ1) is 8.71. The lowest BCUT2D eigenvalue weighted by atomic mass is 10.3. The van der Waals surface area contributed by atoms with Crippen LogP contribution in [0.1, 0.15) is 13.3 Å². The van der Waals surface area contributed by atoms with Gasteiger partial charge in [-0.2, -0.15) is 0 Å². The standard InChI is InChI=1S/C9H11NO2/c1-7(11)8-5-3-4-6-9(10-8)12-2/h3-5H,6H2,1-2H3. The van der Waals surface area contributed by atoms with Crippen molar-refractivity contribution in [2.45, 2.75) is 13.3 Å². The Labute approximate surface area is 71.4 Å². The van der Waals surface area contributed by atoms with E-state index in [0.29, 0.717) is 18.0 Å². The van der Waals surface area contributed by atoms with Gasteiger partial charge in [0.05, 0.1) is 7.11 Å². The highest BCUT2D eigenvalue weighted by atomic mass is 16.5. The second kappa shape index (κ2) is 3.85. The Bertz CT molecular complexity index is 274. The molecule has 0 aromatic rings. The van der Waals surface area contributed by atoms with Crippen molar-refractivity contribution >= 4 is 11.7 Å². The summed E-state index contributed by atoms with van der Waals surface area (Å²) in [4.78, 5) is 15.0. The van der Waals surface area contributed by atoms with Gasteiger partial charge in [-0.25, -0.2) is 4.99 Å². The van der Waals surface area contributed by atoms with Crippen LogP contribution in [0.5, 0.6) is 0 Å². The molecular formula is C9H11NO2. The van der Waals surface area contributed by atoms with Crippen molar-refractivity contribution in [2.24, 2.45) is 4.99 Å². The van der Waals surface area contributed by atoms with Crippen LogP contribution in [0, 0.1) is 0 Å². The second-order valence-corrected chi connectivity index (χ2v) is 2.45. The molecule has 3 nitrogen and oxygen atoms in total. The maximum absolute atomic E-state index is 10.9. The van der Waals surface area contributed by atoms with E-state index in [2.05, 4.69) is 4.99 Å². The van der Waals surface area contributed by atoms with Crippen LogP contribution in [0.2, 0.25) is 0 Å². The molecule has 0 aliphatic carbocycles. The number of ketones is 1. The summed E-state index contributed by atoms with van der Waals surface area (Å²) in [5.41, 5.74) is 0.445. The van der Waals surface area contributed by atoms with E-state index in [-0.39, 0.29) is 5.78 Å². The van der Waals surface area contributed by atoms with Crippen molar-refractivity contribution < 1.29 is 9.53 Å². The molecule has 0 N–H and O–H groups in total. The number of allylic oxidation sites excluding steroid dienone is 3. The third-order valence-corrected chi connectivity index (χ3v) is 1.52. The maximum atomic E-state index is 10.9. The first-order chi connectivity index (χ1) is 5.74. The largest absolute Gasteiger partial charge is 0.484 e. The molecule has 0 aromatic heterocycles. The van der Waals surface area contributed by atoms with Gasteiger partial charge in [-0.05, 0) is 6.08 Å². The van der Waals surface area contributed by atoms with Crippen LogP contribution in [-0.4, -0.2) is 18.8 Å². The Morgan fingerprint density at radius 3 is 3.00 bits per heavy atom. The zero-order valence-electron chi connectivity index (χ0n) is 7.20. The van der Waals surface area contributed by atoms with Gasteiger partial charge >= 0.3 is 0 Å². The smallest absolute Gasteiger partial charge is 0.192 e. The van der Waals surface area contributed by atoms with Gasteiger partial charge < -0.3 is 4.74 Å². The van der Waals surface area contributed by atoms with E-state index in [9.17, 15) is 4.79 Å². The highest BCUT2D eigenvalue weighted by Crippen LogP contribution is 2.06. The van der Waals surface area contributed by atoms with Gasteiger partial charge in [0.1, 0.15) is 5.70 Å². The average Bonchev–Trinajstić information content (AvgIpc) is 2.28. The van der Waals surface area contributed by atoms with Crippen molar-refractivity contribution in [1.82, 2.24) is 0 Å². The molecule has 0 atom stereocenters. The van der Waals surface area contributed by atoms with Crippen molar-refractivity contribution in [3.05, 3.63) is 23.9 Å². The molecule has 12 heavy (non-hydrogen) atoms. The Hall–Kier alpha value is -1.38. The van der Waals surface area contributed by atoms with E-state index in [1.54, 1.807) is 13.2 Å². The second-order valence-electron chi connectivity index (χ2n) is 2.45. The monoisotopic (exact) mass is 165 g/mol. The molecule has 1 rings (SSSR count). The summed E-state index contributed by atoms with van der Waals surface area (Å²) in [6.07, 6.45) is 6.04. The Kier molecular flexibility index (Phi) is 2.80. The summed E-state index contributed by atoms with van der Waals surface area (Å²) >= 11 is 0. The van der Waals surface area contributed by atoms with Crippen LogP contribution in [0.25, 0.3) is 0 Å². The highest BCUT2D eigenvalue weighted by molar-refractivity contribution is 5.96. The molecule has 0 spiro atoms. The molecule has 0 saturated carbocycles. The molecule has 0 saturated heterocycles.